The summed E-state index contributed by atoms with van der Waals surface area (Å²) >= 11 is 0. The Morgan fingerprint density at radius 2 is 1.89 bits per heavy atom. The van der Waals surface area contributed by atoms with Gasteiger partial charge in [0.1, 0.15) is 17.1 Å². The Bertz CT molecular complexity index is 1030. The van der Waals surface area contributed by atoms with Gasteiger partial charge in [0.15, 0.2) is 12.1 Å². The average molecular weight is 380 g/mol. The third-order valence-corrected chi connectivity index (χ3v) is 5.86. The molecule has 1 aliphatic rings. The van der Waals surface area contributed by atoms with Gasteiger partial charge in [-0.05, 0) is 42.7 Å². The Morgan fingerprint density at radius 1 is 1.14 bits per heavy atom. The summed E-state index contributed by atoms with van der Waals surface area (Å²) in [6.45, 7) is 4.02. The van der Waals surface area contributed by atoms with Gasteiger partial charge in [-0.25, -0.2) is 0 Å². The van der Waals surface area contributed by atoms with Gasteiger partial charge in [0.05, 0.1) is 11.0 Å². The molecule has 0 unspecified atom stereocenters. The van der Waals surface area contributed by atoms with Crippen LogP contribution < -0.4 is 4.74 Å². The Balaban J connectivity index is 1.91. The number of hydrogen-bond acceptors (Lipinski definition) is 5. The summed E-state index contributed by atoms with van der Waals surface area (Å²) in [5.74, 6) is 1.14. The van der Waals surface area contributed by atoms with E-state index < -0.39 is 11.7 Å². The van der Waals surface area contributed by atoms with Crippen LogP contribution in [0.4, 0.5) is 0 Å². The number of ketones is 1. The molecule has 0 bridgehead atoms. The Kier molecular flexibility index (Phi) is 4.73. The predicted octanol–water partition coefficient (Wildman–Crippen LogP) is 4.16. The lowest BCUT2D eigenvalue weighted by molar-refractivity contribution is -0.0327. The predicted molar refractivity (Wildman–Crippen MR) is 106 cm³/mol. The third kappa shape index (κ3) is 2.65. The molecule has 5 nitrogen and oxygen atoms in total. The van der Waals surface area contributed by atoms with Crippen LogP contribution in [0, 0.1) is 0 Å². The second kappa shape index (κ2) is 7.08. The van der Waals surface area contributed by atoms with Crippen molar-refractivity contribution >= 4 is 16.8 Å². The molecule has 0 saturated carbocycles. The average Bonchev–Trinajstić information content (AvgIpc) is 3.09. The summed E-state index contributed by atoms with van der Waals surface area (Å²) < 4.78 is 11.8. The number of aliphatic hydroxyl groups is 2. The van der Waals surface area contributed by atoms with E-state index in [0.717, 1.165) is 29.4 Å². The fraction of sp³-hybridized carbons (Fsp3) is 0.348. The van der Waals surface area contributed by atoms with Gasteiger partial charge in [-0.15, -0.1) is 0 Å². The number of carbonyl (C=O) groups is 1. The van der Waals surface area contributed by atoms with Crippen molar-refractivity contribution in [3.63, 3.8) is 0 Å². The second-order valence-corrected chi connectivity index (χ2v) is 7.21. The highest BCUT2D eigenvalue weighted by molar-refractivity contribution is 6.19. The summed E-state index contributed by atoms with van der Waals surface area (Å²) in [6, 6.07) is 12.9. The first-order chi connectivity index (χ1) is 13.6. The van der Waals surface area contributed by atoms with E-state index >= 15 is 0 Å². The highest BCUT2D eigenvalue weighted by Gasteiger charge is 2.45. The standard InChI is InChI=1S/C23H24O5/c1-3-23(4-2)17-13-14(27-19(25)11-12-24)9-10-15(17)21(26)20-16-7-5-6-8-18(16)28-22(20)23/h5-10,13,19,24-25H,3-4,11-12H2,1-2H3/t19-/m1/s1. The molecule has 1 aromatic heterocycles. The summed E-state index contributed by atoms with van der Waals surface area (Å²) in [4.78, 5) is 13.4. The van der Waals surface area contributed by atoms with Crippen molar-refractivity contribution in [2.45, 2.75) is 44.8 Å². The minimum atomic E-state index is -1.10. The third-order valence-electron chi connectivity index (χ3n) is 5.86. The van der Waals surface area contributed by atoms with Gasteiger partial charge in [0, 0.05) is 24.0 Å². The molecular weight excluding hydrogens is 356 g/mol. The highest BCUT2D eigenvalue weighted by atomic mass is 16.6. The van der Waals surface area contributed by atoms with Crippen LogP contribution in [0.5, 0.6) is 5.75 Å². The monoisotopic (exact) mass is 380 g/mol. The van der Waals surface area contributed by atoms with E-state index in [1.165, 1.54) is 0 Å². The highest BCUT2D eigenvalue weighted by Crippen LogP contribution is 2.50. The number of fused-ring (bicyclic) bond motifs is 4. The van der Waals surface area contributed by atoms with Crippen LogP contribution in [-0.4, -0.2) is 28.9 Å². The number of benzene rings is 2. The maximum Gasteiger partial charge on any atom is 0.199 e. The zero-order valence-corrected chi connectivity index (χ0v) is 16.1. The smallest absolute Gasteiger partial charge is 0.199 e. The molecule has 1 aliphatic carbocycles. The quantitative estimate of drug-likeness (QED) is 0.628. The molecule has 5 heteroatoms. The van der Waals surface area contributed by atoms with Crippen LogP contribution in [0.25, 0.3) is 11.0 Å². The van der Waals surface area contributed by atoms with Crippen LogP contribution in [0.2, 0.25) is 0 Å². The van der Waals surface area contributed by atoms with Crippen molar-refractivity contribution < 1.29 is 24.2 Å². The molecular formula is C23H24O5. The van der Waals surface area contributed by atoms with E-state index in [0.29, 0.717) is 22.6 Å². The summed E-state index contributed by atoms with van der Waals surface area (Å²) in [5, 5.41) is 19.7. The van der Waals surface area contributed by atoms with Crippen molar-refractivity contribution in [3.05, 3.63) is 64.9 Å². The SMILES string of the molecule is CCC1(CC)c2cc(O[C@@H](O)CCO)ccc2C(=O)c2c1oc1ccccc21. The number of aliphatic hydroxyl groups excluding tert-OH is 2. The van der Waals surface area contributed by atoms with Crippen LogP contribution in [-0.2, 0) is 5.41 Å². The van der Waals surface area contributed by atoms with Gasteiger partial charge in [-0.3, -0.25) is 4.79 Å². The largest absolute Gasteiger partial charge is 0.465 e. The van der Waals surface area contributed by atoms with Crippen LogP contribution >= 0.6 is 0 Å². The van der Waals surface area contributed by atoms with E-state index in [-0.39, 0.29) is 18.8 Å². The summed E-state index contributed by atoms with van der Waals surface area (Å²) in [7, 11) is 0. The molecule has 0 spiro atoms. The molecule has 0 fully saturated rings. The Hall–Kier alpha value is -2.63. The van der Waals surface area contributed by atoms with Crippen molar-refractivity contribution in [3.8, 4) is 5.75 Å². The molecule has 0 amide bonds. The van der Waals surface area contributed by atoms with Gasteiger partial charge in [0.25, 0.3) is 0 Å². The Labute approximate surface area is 163 Å². The Morgan fingerprint density at radius 3 is 2.61 bits per heavy atom. The van der Waals surface area contributed by atoms with E-state index in [4.69, 9.17) is 14.3 Å². The zero-order chi connectivity index (χ0) is 19.9. The van der Waals surface area contributed by atoms with Gasteiger partial charge in [0.2, 0.25) is 0 Å². The fourth-order valence-corrected chi connectivity index (χ4v) is 4.33. The van der Waals surface area contributed by atoms with E-state index in [9.17, 15) is 9.90 Å². The first-order valence-electron chi connectivity index (χ1n) is 9.72. The number of para-hydroxylation sites is 1. The van der Waals surface area contributed by atoms with E-state index in [1.807, 2.05) is 30.3 Å². The van der Waals surface area contributed by atoms with Crippen LogP contribution in [0.3, 0.4) is 0 Å². The lowest BCUT2D eigenvalue weighted by atomic mass is 9.66. The molecule has 2 aromatic carbocycles. The topological polar surface area (TPSA) is 79.9 Å². The van der Waals surface area contributed by atoms with Crippen molar-refractivity contribution in [1.82, 2.24) is 0 Å². The van der Waals surface area contributed by atoms with Gasteiger partial charge < -0.3 is 19.4 Å². The van der Waals surface area contributed by atoms with Crippen molar-refractivity contribution in [2.75, 3.05) is 6.61 Å². The molecule has 4 rings (SSSR count). The lowest BCUT2D eigenvalue weighted by Gasteiger charge is -2.36. The molecule has 2 N–H and O–H groups in total. The van der Waals surface area contributed by atoms with Crippen LogP contribution in [0.1, 0.15) is 60.4 Å². The van der Waals surface area contributed by atoms with Gasteiger partial charge in [-0.2, -0.15) is 0 Å². The normalized spacial score (nSPS) is 15.9. The number of hydrogen-bond donors (Lipinski definition) is 2. The van der Waals surface area contributed by atoms with Gasteiger partial charge >= 0.3 is 0 Å². The maximum atomic E-state index is 13.4. The molecule has 1 atom stereocenters. The van der Waals surface area contributed by atoms with E-state index in [2.05, 4.69) is 13.8 Å². The molecule has 28 heavy (non-hydrogen) atoms. The summed E-state index contributed by atoms with van der Waals surface area (Å²) in [6.07, 6.45) is 0.552. The minimum Gasteiger partial charge on any atom is -0.465 e. The summed E-state index contributed by atoms with van der Waals surface area (Å²) in [5.41, 5.74) is 2.43. The molecule has 0 aliphatic heterocycles. The number of ether oxygens (including phenoxy) is 1. The molecule has 0 saturated heterocycles. The zero-order valence-electron chi connectivity index (χ0n) is 16.1. The van der Waals surface area contributed by atoms with Crippen LogP contribution in [0.15, 0.2) is 46.9 Å². The van der Waals surface area contributed by atoms with Crippen molar-refractivity contribution in [2.24, 2.45) is 0 Å². The maximum absolute atomic E-state index is 13.4. The minimum absolute atomic E-state index is 0.0464. The van der Waals surface area contributed by atoms with E-state index in [1.54, 1.807) is 12.1 Å². The number of furan rings is 1. The first-order valence-corrected chi connectivity index (χ1v) is 9.72. The van der Waals surface area contributed by atoms with Crippen molar-refractivity contribution in [1.29, 1.82) is 0 Å². The molecule has 146 valence electrons. The first kappa shape index (κ1) is 18.7. The molecule has 1 heterocycles. The second-order valence-electron chi connectivity index (χ2n) is 7.21. The molecule has 0 radical (unpaired) electrons. The fourth-order valence-electron chi connectivity index (χ4n) is 4.33. The number of rotatable bonds is 6. The van der Waals surface area contributed by atoms with Gasteiger partial charge in [-0.1, -0.05) is 32.0 Å². The lowest BCUT2D eigenvalue weighted by Crippen LogP contribution is -2.34. The number of carbonyl (C=O) groups excluding carboxylic acids is 1. The molecule has 3 aromatic rings.